The van der Waals surface area contributed by atoms with Crippen molar-refractivity contribution in [1.29, 1.82) is 0 Å². The Bertz CT molecular complexity index is 401. The Kier molecular flexibility index (Phi) is 5.45. The van der Waals surface area contributed by atoms with Gasteiger partial charge in [0.05, 0.1) is 5.75 Å². The van der Waals surface area contributed by atoms with E-state index in [9.17, 15) is 8.42 Å². The van der Waals surface area contributed by atoms with Crippen LogP contribution in [0.3, 0.4) is 0 Å². The van der Waals surface area contributed by atoms with E-state index in [1.54, 1.807) is 4.31 Å². The number of nitrogens with zero attached hydrogens (tertiary/aromatic N) is 2. The van der Waals surface area contributed by atoms with E-state index in [2.05, 4.69) is 24.1 Å². The average molecular weight is 303 g/mol. The monoisotopic (exact) mass is 303 g/mol. The lowest BCUT2D eigenvalue weighted by molar-refractivity contribution is 0.251. The van der Waals surface area contributed by atoms with Crippen LogP contribution in [0.5, 0.6) is 0 Å². The van der Waals surface area contributed by atoms with E-state index in [1.165, 1.54) is 0 Å². The van der Waals surface area contributed by atoms with Gasteiger partial charge in [-0.05, 0) is 24.7 Å². The van der Waals surface area contributed by atoms with E-state index >= 15 is 0 Å². The zero-order valence-corrected chi connectivity index (χ0v) is 13.7. The molecular weight excluding hydrogens is 274 g/mol. The summed E-state index contributed by atoms with van der Waals surface area (Å²) < 4.78 is 26.7. The molecule has 2 fully saturated rings. The third kappa shape index (κ3) is 3.72. The molecular formula is C14H29N3O2S. The summed E-state index contributed by atoms with van der Waals surface area (Å²) in [6, 6.07) is 0. The van der Waals surface area contributed by atoms with Crippen molar-refractivity contribution in [2.45, 2.75) is 33.1 Å². The van der Waals surface area contributed by atoms with E-state index < -0.39 is 10.0 Å². The molecule has 0 aliphatic carbocycles. The number of hydrogen-bond acceptors (Lipinski definition) is 4. The summed E-state index contributed by atoms with van der Waals surface area (Å²) in [5, 5.41) is 3.29. The van der Waals surface area contributed by atoms with Gasteiger partial charge < -0.3 is 5.32 Å². The van der Waals surface area contributed by atoms with Crippen molar-refractivity contribution in [3.05, 3.63) is 0 Å². The summed E-state index contributed by atoms with van der Waals surface area (Å²) in [5.41, 5.74) is 0.224. The molecule has 0 atom stereocenters. The zero-order chi connectivity index (χ0) is 14.6. The summed E-state index contributed by atoms with van der Waals surface area (Å²) >= 11 is 0. The average Bonchev–Trinajstić information content (AvgIpc) is 2.92. The summed E-state index contributed by atoms with van der Waals surface area (Å²) in [7, 11) is -3.08. The normalized spacial score (nSPS) is 25.1. The van der Waals surface area contributed by atoms with Crippen molar-refractivity contribution in [2.75, 3.05) is 51.6 Å². The topological polar surface area (TPSA) is 52.7 Å². The molecule has 0 radical (unpaired) electrons. The smallest absolute Gasteiger partial charge is 0.215 e. The highest BCUT2D eigenvalue weighted by Gasteiger charge is 2.39. The summed E-state index contributed by atoms with van der Waals surface area (Å²) in [6.07, 6.45) is 3.17. The first-order valence-corrected chi connectivity index (χ1v) is 9.53. The maximum atomic E-state index is 12.5. The number of hydrogen-bond donors (Lipinski definition) is 1. The molecule has 0 spiro atoms. The molecule has 0 aromatic carbocycles. The molecule has 2 rings (SSSR count). The van der Waals surface area contributed by atoms with Gasteiger partial charge in [-0.1, -0.05) is 13.8 Å². The largest absolute Gasteiger partial charge is 0.314 e. The van der Waals surface area contributed by atoms with Gasteiger partial charge in [-0.25, -0.2) is 12.7 Å². The molecule has 118 valence electrons. The Labute approximate surface area is 123 Å². The molecule has 0 amide bonds. The van der Waals surface area contributed by atoms with Crippen molar-refractivity contribution in [1.82, 2.24) is 14.5 Å². The number of sulfonamides is 1. The molecule has 0 bridgehead atoms. The van der Waals surface area contributed by atoms with Crippen molar-refractivity contribution >= 4 is 10.0 Å². The van der Waals surface area contributed by atoms with Gasteiger partial charge in [0.1, 0.15) is 0 Å². The van der Waals surface area contributed by atoms with E-state index in [0.717, 1.165) is 52.0 Å². The van der Waals surface area contributed by atoms with E-state index in [4.69, 9.17) is 0 Å². The van der Waals surface area contributed by atoms with Crippen LogP contribution in [0.25, 0.3) is 0 Å². The molecule has 0 aromatic rings. The minimum atomic E-state index is -3.08. The van der Waals surface area contributed by atoms with Crippen molar-refractivity contribution in [2.24, 2.45) is 5.41 Å². The maximum Gasteiger partial charge on any atom is 0.215 e. The number of piperazine rings is 1. The fourth-order valence-electron chi connectivity index (χ4n) is 3.27. The van der Waals surface area contributed by atoms with Crippen LogP contribution < -0.4 is 5.32 Å². The van der Waals surface area contributed by atoms with E-state index in [0.29, 0.717) is 13.1 Å². The van der Waals surface area contributed by atoms with E-state index in [-0.39, 0.29) is 11.2 Å². The SMILES string of the molecule is CCC1(CC)CCN(S(=O)(=O)CCN2CCNCC2)C1. The summed E-state index contributed by atoms with van der Waals surface area (Å²) in [4.78, 5) is 2.25. The van der Waals surface area contributed by atoms with Crippen LogP contribution in [0, 0.1) is 5.41 Å². The van der Waals surface area contributed by atoms with Gasteiger partial charge in [-0.15, -0.1) is 0 Å². The standard InChI is InChI=1S/C14H29N3O2S/c1-3-14(4-2)5-8-17(13-14)20(18,19)12-11-16-9-6-15-7-10-16/h15H,3-13H2,1-2H3. The third-order valence-electron chi connectivity index (χ3n) is 5.17. The van der Waals surface area contributed by atoms with Crippen LogP contribution in [0.2, 0.25) is 0 Å². The highest BCUT2D eigenvalue weighted by Crippen LogP contribution is 2.38. The van der Waals surface area contributed by atoms with Crippen molar-refractivity contribution in [3.8, 4) is 0 Å². The van der Waals surface area contributed by atoms with Crippen LogP contribution in [0.15, 0.2) is 0 Å². The first kappa shape index (κ1) is 16.2. The van der Waals surface area contributed by atoms with Gasteiger partial charge >= 0.3 is 0 Å². The Hall–Kier alpha value is -0.170. The molecule has 0 aromatic heterocycles. The fraction of sp³-hybridized carbons (Fsp3) is 1.00. The molecule has 0 saturated carbocycles. The molecule has 2 heterocycles. The molecule has 6 heteroatoms. The van der Waals surface area contributed by atoms with Crippen LogP contribution in [0.4, 0.5) is 0 Å². The van der Waals surface area contributed by atoms with E-state index in [1.807, 2.05) is 0 Å². The van der Waals surface area contributed by atoms with Crippen LogP contribution in [0.1, 0.15) is 33.1 Å². The second kappa shape index (κ2) is 6.73. The van der Waals surface area contributed by atoms with Gasteiger partial charge in [0.2, 0.25) is 10.0 Å². The lowest BCUT2D eigenvalue weighted by atomic mass is 9.82. The van der Waals surface area contributed by atoms with Gasteiger partial charge in [0.25, 0.3) is 0 Å². The third-order valence-corrected chi connectivity index (χ3v) is 6.97. The summed E-state index contributed by atoms with van der Waals surface area (Å²) in [6.45, 7) is 10.3. The lowest BCUT2D eigenvalue weighted by Gasteiger charge is -2.29. The Morgan fingerprint density at radius 2 is 1.75 bits per heavy atom. The molecule has 2 aliphatic heterocycles. The van der Waals surface area contributed by atoms with Gasteiger partial charge in [-0.3, -0.25) is 4.90 Å². The number of nitrogens with one attached hydrogen (secondary N) is 1. The van der Waals surface area contributed by atoms with Crippen molar-refractivity contribution < 1.29 is 8.42 Å². The van der Waals surface area contributed by atoms with Gasteiger partial charge in [-0.2, -0.15) is 0 Å². The first-order chi connectivity index (χ1) is 9.51. The quantitative estimate of drug-likeness (QED) is 0.786. The Morgan fingerprint density at radius 1 is 1.10 bits per heavy atom. The summed E-state index contributed by atoms with van der Waals surface area (Å²) in [5.74, 6) is 0.274. The highest BCUT2D eigenvalue weighted by molar-refractivity contribution is 7.89. The zero-order valence-electron chi connectivity index (χ0n) is 12.9. The molecule has 0 unspecified atom stereocenters. The van der Waals surface area contributed by atoms with Crippen LogP contribution in [-0.2, 0) is 10.0 Å². The number of rotatable bonds is 6. The first-order valence-electron chi connectivity index (χ1n) is 7.92. The minimum Gasteiger partial charge on any atom is -0.314 e. The predicted molar refractivity (Wildman–Crippen MR) is 82.3 cm³/mol. The highest BCUT2D eigenvalue weighted by atomic mass is 32.2. The Morgan fingerprint density at radius 3 is 2.30 bits per heavy atom. The Balaban J connectivity index is 1.87. The predicted octanol–water partition coefficient (Wildman–Crippen LogP) is 0.734. The van der Waals surface area contributed by atoms with Crippen molar-refractivity contribution in [3.63, 3.8) is 0 Å². The molecule has 1 N–H and O–H groups in total. The van der Waals surface area contributed by atoms with Crippen LogP contribution in [-0.4, -0.2) is 69.2 Å². The fourth-order valence-corrected chi connectivity index (χ4v) is 4.85. The molecule has 5 nitrogen and oxygen atoms in total. The van der Waals surface area contributed by atoms with Crippen LogP contribution >= 0.6 is 0 Å². The van der Waals surface area contributed by atoms with Gasteiger partial charge in [0.15, 0.2) is 0 Å². The second-order valence-electron chi connectivity index (χ2n) is 6.20. The second-order valence-corrected chi connectivity index (χ2v) is 8.29. The minimum absolute atomic E-state index is 0.224. The van der Waals surface area contributed by atoms with Gasteiger partial charge in [0, 0.05) is 45.8 Å². The molecule has 20 heavy (non-hydrogen) atoms. The lowest BCUT2D eigenvalue weighted by Crippen LogP contribution is -2.46. The maximum absolute atomic E-state index is 12.5. The molecule has 2 aliphatic rings. The molecule has 2 saturated heterocycles.